The highest BCUT2D eigenvalue weighted by Crippen LogP contribution is 2.16. The Balaban J connectivity index is 0.00000300. The van der Waals surface area contributed by atoms with Gasteiger partial charge in [-0.15, -0.1) is 24.0 Å². The van der Waals surface area contributed by atoms with Crippen molar-refractivity contribution in [2.45, 2.75) is 39.0 Å². The predicted octanol–water partition coefficient (Wildman–Crippen LogP) is 2.77. The van der Waals surface area contributed by atoms with Gasteiger partial charge in [0.2, 0.25) is 0 Å². The molecule has 2 heterocycles. The van der Waals surface area contributed by atoms with Crippen LogP contribution in [0.25, 0.3) is 5.69 Å². The van der Waals surface area contributed by atoms with Gasteiger partial charge in [-0.1, -0.05) is 18.2 Å². The molecule has 2 aromatic rings. The molecule has 0 unspecified atom stereocenters. The number of rotatable bonds is 4. The van der Waals surface area contributed by atoms with E-state index in [1.165, 1.54) is 0 Å². The molecule has 0 aliphatic carbocycles. The second-order valence-electron chi connectivity index (χ2n) is 7.75. The molecule has 1 aliphatic heterocycles. The van der Waals surface area contributed by atoms with Crippen molar-refractivity contribution in [1.29, 1.82) is 0 Å². The SMILES string of the molecule is CN=C(NCc1ccccc1-n1ccnc1)NC1CN(C(=O)OC(C)(C)C)C1.I. The summed E-state index contributed by atoms with van der Waals surface area (Å²) in [4.78, 5) is 22.1. The number of hydrogen-bond donors (Lipinski definition) is 2. The quantitative estimate of drug-likeness (QED) is 0.374. The molecule has 1 aromatic heterocycles. The highest BCUT2D eigenvalue weighted by Gasteiger charge is 2.34. The zero-order valence-corrected chi connectivity index (χ0v) is 19.6. The first-order valence-corrected chi connectivity index (χ1v) is 9.37. The van der Waals surface area contributed by atoms with Gasteiger partial charge < -0.3 is 24.8 Å². The number of aromatic nitrogens is 2. The van der Waals surface area contributed by atoms with Gasteiger partial charge in [-0.05, 0) is 32.4 Å². The van der Waals surface area contributed by atoms with Gasteiger partial charge >= 0.3 is 6.09 Å². The summed E-state index contributed by atoms with van der Waals surface area (Å²) < 4.78 is 7.37. The summed E-state index contributed by atoms with van der Waals surface area (Å²) >= 11 is 0. The number of para-hydroxylation sites is 1. The number of halogens is 1. The number of carbonyl (C=O) groups excluding carboxylic acids is 1. The van der Waals surface area contributed by atoms with Gasteiger partial charge in [0.1, 0.15) is 5.60 Å². The molecule has 1 amide bonds. The van der Waals surface area contributed by atoms with E-state index in [9.17, 15) is 4.79 Å². The second-order valence-corrected chi connectivity index (χ2v) is 7.75. The Labute approximate surface area is 188 Å². The number of guanidine groups is 1. The van der Waals surface area contributed by atoms with E-state index in [4.69, 9.17) is 4.74 Å². The molecule has 1 fully saturated rings. The predicted molar refractivity (Wildman–Crippen MR) is 124 cm³/mol. The normalized spacial score (nSPS) is 14.6. The van der Waals surface area contributed by atoms with Crippen LogP contribution in [0.4, 0.5) is 4.79 Å². The summed E-state index contributed by atoms with van der Waals surface area (Å²) in [5, 5.41) is 6.69. The molecule has 0 radical (unpaired) electrons. The summed E-state index contributed by atoms with van der Waals surface area (Å²) in [5.74, 6) is 0.703. The van der Waals surface area contributed by atoms with Crippen LogP contribution in [0.3, 0.4) is 0 Å². The third-order valence-corrected chi connectivity index (χ3v) is 4.32. The number of nitrogens with zero attached hydrogens (tertiary/aromatic N) is 4. The number of aliphatic imine (C=N–C) groups is 1. The molecule has 158 valence electrons. The highest BCUT2D eigenvalue weighted by molar-refractivity contribution is 14.0. The summed E-state index contributed by atoms with van der Waals surface area (Å²) in [6.07, 6.45) is 5.19. The van der Waals surface area contributed by atoms with Crippen molar-refractivity contribution in [3.8, 4) is 5.69 Å². The first kappa shape index (κ1) is 23.0. The Hall–Kier alpha value is -2.30. The lowest BCUT2D eigenvalue weighted by atomic mass is 10.1. The van der Waals surface area contributed by atoms with Gasteiger partial charge in [-0.2, -0.15) is 0 Å². The fraction of sp³-hybridized carbons (Fsp3) is 0.450. The lowest BCUT2D eigenvalue weighted by Crippen LogP contribution is -2.63. The smallest absolute Gasteiger partial charge is 0.410 e. The zero-order chi connectivity index (χ0) is 20.1. The third kappa shape index (κ3) is 6.34. The van der Waals surface area contributed by atoms with Crippen molar-refractivity contribution in [2.24, 2.45) is 4.99 Å². The molecule has 8 nitrogen and oxygen atoms in total. The molecule has 9 heteroatoms. The molecule has 1 aliphatic rings. The number of amides is 1. The number of hydrogen-bond acceptors (Lipinski definition) is 4. The lowest BCUT2D eigenvalue weighted by Gasteiger charge is -2.40. The third-order valence-electron chi connectivity index (χ3n) is 4.32. The summed E-state index contributed by atoms with van der Waals surface area (Å²) in [6, 6.07) is 8.30. The second kappa shape index (κ2) is 9.95. The summed E-state index contributed by atoms with van der Waals surface area (Å²) in [6.45, 7) is 7.43. The van der Waals surface area contributed by atoms with Crippen molar-refractivity contribution in [3.63, 3.8) is 0 Å². The summed E-state index contributed by atoms with van der Waals surface area (Å²) in [5.41, 5.74) is 1.73. The van der Waals surface area contributed by atoms with E-state index in [-0.39, 0.29) is 36.1 Å². The van der Waals surface area contributed by atoms with E-state index in [1.54, 1.807) is 24.5 Å². The fourth-order valence-electron chi connectivity index (χ4n) is 2.93. The first-order chi connectivity index (χ1) is 13.4. The Bertz CT molecular complexity index is 826. The van der Waals surface area contributed by atoms with Crippen LogP contribution in [0.5, 0.6) is 0 Å². The Morgan fingerprint density at radius 3 is 2.66 bits per heavy atom. The van der Waals surface area contributed by atoms with Gasteiger partial charge in [0.25, 0.3) is 0 Å². The number of benzene rings is 1. The monoisotopic (exact) mass is 512 g/mol. The van der Waals surface area contributed by atoms with Crippen LogP contribution in [0.2, 0.25) is 0 Å². The average molecular weight is 512 g/mol. The fourth-order valence-corrected chi connectivity index (χ4v) is 2.93. The topological polar surface area (TPSA) is 83.8 Å². The van der Waals surface area contributed by atoms with Crippen molar-refractivity contribution in [3.05, 3.63) is 48.5 Å². The van der Waals surface area contributed by atoms with Crippen LogP contribution in [0.1, 0.15) is 26.3 Å². The maximum absolute atomic E-state index is 12.0. The first-order valence-electron chi connectivity index (χ1n) is 9.37. The number of nitrogens with one attached hydrogen (secondary N) is 2. The van der Waals surface area contributed by atoms with Crippen molar-refractivity contribution in [2.75, 3.05) is 20.1 Å². The molecular weight excluding hydrogens is 483 g/mol. The van der Waals surface area contributed by atoms with Crippen LogP contribution in [-0.2, 0) is 11.3 Å². The molecule has 0 saturated carbocycles. The van der Waals surface area contributed by atoms with Gasteiger partial charge in [0, 0.05) is 39.1 Å². The van der Waals surface area contributed by atoms with E-state index in [0.29, 0.717) is 25.6 Å². The van der Waals surface area contributed by atoms with Crippen LogP contribution < -0.4 is 10.6 Å². The Morgan fingerprint density at radius 1 is 1.31 bits per heavy atom. The van der Waals surface area contributed by atoms with E-state index < -0.39 is 5.60 Å². The molecule has 0 spiro atoms. The van der Waals surface area contributed by atoms with Gasteiger partial charge in [-0.3, -0.25) is 4.99 Å². The number of likely N-dealkylation sites (tertiary alicyclic amines) is 1. The van der Waals surface area contributed by atoms with Crippen molar-refractivity contribution < 1.29 is 9.53 Å². The van der Waals surface area contributed by atoms with Crippen molar-refractivity contribution >= 4 is 36.0 Å². The minimum absolute atomic E-state index is 0. The van der Waals surface area contributed by atoms with Crippen LogP contribution >= 0.6 is 24.0 Å². The van der Waals surface area contributed by atoms with E-state index in [0.717, 1.165) is 11.3 Å². The maximum Gasteiger partial charge on any atom is 0.410 e. The molecule has 0 bridgehead atoms. The molecule has 2 N–H and O–H groups in total. The molecule has 3 rings (SSSR count). The minimum atomic E-state index is -0.476. The summed E-state index contributed by atoms with van der Waals surface area (Å²) in [7, 11) is 1.74. The average Bonchev–Trinajstić information content (AvgIpc) is 3.13. The van der Waals surface area contributed by atoms with Crippen molar-refractivity contribution in [1.82, 2.24) is 25.1 Å². The standard InChI is InChI=1S/C20H28N6O2.HI/c1-20(2,3)28-19(27)26-12-16(13-26)24-18(21-4)23-11-15-7-5-6-8-17(15)25-10-9-22-14-25;/h5-10,14,16H,11-13H2,1-4H3,(H2,21,23,24);1H. The molecule has 0 atom stereocenters. The van der Waals surface area contributed by atoms with E-state index >= 15 is 0 Å². The van der Waals surface area contributed by atoms with E-state index in [2.05, 4.69) is 32.7 Å². The largest absolute Gasteiger partial charge is 0.444 e. The Kier molecular flexibility index (Phi) is 7.88. The molecular formula is C20H29IN6O2. The van der Waals surface area contributed by atoms with Gasteiger partial charge in [-0.25, -0.2) is 9.78 Å². The van der Waals surface area contributed by atoms with Gasteiger partial charge in [0.15, 0.2) is 5.96 Å². The number of ether oxygens (including phenoxy) is 1. The maximum atomic E-state index is 12.0. The lowest BCUT2D eigenvalue weighted by molar-refractivity contribution is 0.00701. The highest BCUT2D eigenvalue weighted by atomic mass is 127. The van der Waals surface area contributed by atoms with Crippen LogP contribution in [0.15, 0.2) is 48.0 Å². The van der Waals surface area contributed by atoms with Crippen LogP contribution in [0, 0.1) is 0 Å². The Morgan fingerprint density at radius 2 is 2.03 bits per heavy atom. The minimum Gasteiger partial charge on any atom is -0.444 e. The number of carbonyl (C=O) groups is 1. The molecule has 29 heavy (non-hydrogen) atoms. The molecule has 1 aromatic carbocycles. The van der Waals surface area contributed by atoms with Gasteiger partial charge in [0.05, 0.1) is 18.1 Å². The zero-order valence-electron chi connectivity index (χ0n) is 17.3. The van der Waals surface area contributed by atoms with Crippen LogP contribution in [-0.4, -0.2) is 58.3 Å². The van der Waals surface area contributed by atoms with E-state index in [1.807, 2.05) is 43.7 Å². The molecule has 1 saturated heterocycles. The number of imidazole rings is 1.